The van der Waals surface area contributed by atoms with Gasteiger partial charge in [0.05, 0.1) is 6.04 Å². The Hall–Kier alpha value is -1.90. The van der Waals surface area contributed by atoms with Crippen molar-refractivity contribution in [3.8, 4) is 0 Å². The van der Waals surface area contributed by atoms with Gasteiger partial charge in [-0.1, -0.05) is 111 Å². The molecule has 2 bridgehead atoms. The molecule has 0 radical (unpaired) electrons. The van der Waals surface area contributed by atoms with E-state index in [9.17, 15) is 4.55 Å². The molecule has 0 saturated carbocycles. The maximum absolute atomic E-state index is 13.6. The Morgan fingerprint density at radius 2 is 1.50 bits per heavy atom. The van der Waals surface area contributed by atoms with E-state index < -0.39 is 19.3 Å². The highest BCUT2D eigenvalue weighted by Gasteiger charge is 2.61. The second-order valence-electron chi connectivity index (χ2n) is 11.7. The Bertz CT molecular complexity index is 1230. The van der Waals surface area contributed by atoms with E-state index in [1.165, 1.54) is 28.4 Å². The van der Waals surface area contributed by atoms with Gasteiger partial charge < -0.3 is 4.55 Å². The van der Waals surface area contributed by atoms with Gasteiger partial charge in [0.1, 0.15) is 4.75 Å². The highest BCUT2D eigenvalue weighted by molar-refractivity contribution is 7.90. The molecule has 1 fully saturated rings. The number of hydrogen-bond acceptors (Lipinski definition) is 2. The van der Waals surface area contributed by atoms with Crippen LogP contribution >= 0.6 is 7.92 Å². The molecule has 2 nitrogen and oxygen atoms in total. The standard InChI is InChI=1S/C32H38NOPS/c1-22-17-19-25(20-18-22)28(33-36(34)31(3,4)5)30-27(24-13-9-7-10-14-24)32(6)21-35(30)29(23(32)2)26-15-11-8-12-16-26/h7-20,27-28,30,33H,21H2,1-6H3/t27-,28+,30?,32+,35-,36-/m1/s1. The fourth-order valence-corrected chi connectivity index (χ4v) is 11.6. The largest absolute Gasteiger partial charge is 0.598 e. The number of aryl methyl sites for hydroxylation is 1. The van der Waals surface area contributed by atoms with Gasteiger partial charge in [0.15, 0.2) is 0 Å². The quantitative estimate of drug-likeness (QED) is 0.265. The Labute approximate surface area is 221 Å². The Balaban J connectivity index is 1.69. The molecule has 2 aliphatic heterocycles. The molecule has 0 aliphatic carbocycles. The summed E-state index contributed by atoms with van der Waals surface area (Å²) in [6, 6.07) is 31.0. The lowest BCUT2D eigenvalue weighted by Gasteiger charge is -2.43. The first-order valence-electron chi connectivity index (χ1n) is 12.9. The highest BCUT2D eigenvalue weighted by Crippen LogP contribution is 2.80. The summed E-state index contributed by atoms with van der Waals surface area (Å²) >= 11 is -1.18. The third-order valence-electron chi connectivity index (χ3n) is 8.16. The molecule has 0 amide bonds. The molecule has 3 aromatic rings. The van der Waals surface area contributed by atoms with Crippen LogP contribution in [-0.4, -0.2) is 21.1 Å². The average molecular weight is 516 g/mol. The van der Waals surface area contributed by atoms with Gasteiger partial charge in [-0.3, -0.25) is 0 Å². The van der Waals surface area contributed by atoms with Crippen molar-refractivity contribution < 1.29 is 4.55 Å². The molecule has 4 heteroatoms. The van der Waals surface area contributed by atoms with Gasteiger partial charge in [-0.25, -0.2) is 0 Å². The van der Waals surface area contributed by atoms with Crippen molar-refractivity contribution in [3.05, 3.63) is 113 Å². The van der Waals surface area contributed by atoms with E-state index in [0.717, 1.165) is 0 Å². The van der Waals surface area contributed by atoms with Gasteiger partial charge in [-0.2, -0.15) is 0 Å². The molecule has 1 N–H and O–H groups in total. The smallest absolute Gasteiger partial charge is 0.136 e. The van der Waals surface area contributed by atoms with Crippen LogP contribution in [0.3, 0.4) is 0 Å². The second-order valence-corrected chi connectivity index (χ2v) is 15.9. The van der Waals surface area contributed by atoms with E-state index in [1.807, 2.05) is 0 Å². The monoisotopic (exact) mass is 515 g/mol. The van der Waals surface area contributed by atoms with Crippen LogP contribution in [0.5, 0.6) is 0 Å². The minimum Gasteiger partial charge on any atom is -0.598 e. The summed E-state index contributed by atoms with van der Waals surface area (Å²) in [4.78, 5) is 0. The molecule has 3 aromatic carbocycles. The van der Waals surface area contributed by atoms with Crippen molar-refractivity contribution in [1.82, 2.24) is 4.72 Å². The molecule has 0 spiro atoms. The zero-order chi connectivity index (χ0) is 25.7. The third kappa shape index (κ3) is 4.50. The maximum atomic E-state index is 13.6. The molecule has 36 heavy (non-hydrogen) atoms. The first kappa shape index (κ1) is 25.7. The van der Waals surface area contributed by atoms with E-state index in [1.54, 1.807) is 10.9 Å². The minimum atomic E-state index is -1.18. The van der Waals surface area contributed by atoms with Crippen LogP contribution in [0, 0.1) is 12.3 Å². The van der Waals surface area contributed by atoms with E-state index in [4.69, 9.17) is 0 Å². The third-order valence-corrected chi connectivity index (χ3v) is 13.2. The van der Waals surface area contributed by atoms with Gasteiger partial charge in [0, 0.05) is 28.4 Å². The molecule has 0 aromatic heterocycles. The lowest BCUT2D eigenvalue weighted by Crippen LogP contribution is -2.46. The molecular weight excluding hydrogens is 477 g/mol. The van der Waals surface area contributed by atoms with E-state index in [0.29, 0.717) is 11.6 Å². The summed E-state index contributed by atoms with van der Waals surface area (Å²) in [6.45, 7) is 13.2. The number of benzene rings is 3. The zero-order valence-electron chi connectivity index (χ0n) is 22.3. The van der Waals surface area contributed by atoms with Crippen LogP contribution in [0.25, 0.3) is 5.31 Å². The summed E-state index contributed by atoms with van der Waals surface area (Å²) in [6.07, 6.45) is 1.19. The number of hydrogen-bond donors (Lipinski definition) is 1. The van der Waals surface area contributed by atoms with Crippen molar-refractivity contribution in [1.29, 1.82) is 0 Å². The van der Waals surface area contributed by atoms with Crippen molar-refractivity contribution in [2.75, 3.05) is 6.16 Å². The second kappa shape index (κ2) is 9.76. The fraction of sp³-hybridized carbons (Fsp3) is 0.375. The van der Waals surface area contributed by atoms with Gasteiger partial charge in [0.2, 0.25) is 0 Å². The Kier molecular flexibility index (Phi) is 6.98. The fourth-order valence-electron chi connectivity index (χ4n) is 6.16. The molecular formula is C32H38NOPS. The van der Waals surface area contributed by atoms with Crippen LogP contribution < -0.4 is 4.72 Å². The van der Waals surface area contributed by atoms with Crippen LogP contribution in [0.15, 0.2) is 90.5 Å². The Morgan fingerprint density at radius 3 is 2.08 bits per heavy atom. The first-order chi connectivity index (χ1) is 17.1. The number of nitrogens with one attached hydrogen (secondary N) is 1. The van der Waals surface area contributed by atoms with Crippen molar-refractivity contribution in [3.63, 3.8) is 0 Å². The molecule has 1 saturated heterocycles. The van der Waals surface area contributed by atoms with Gasteiger partial charge in [-0.05, 0) is 62.8 Å². The highest BCUT2D eigenvalue weighted by atomic mass is 32.2. The summed E-state index contributed by atoms with van der Waals surface area (Å²) in [5.41, 5.74) is 7.23. The van der Waals surface area contributed by atoms with Crippen molar-refractivity contribution in [2.24, 2.45) is 5.41 Å². The van der Waals surface area contributed by atoms with Gasteiger partial charge >= 0.3 is 0 Å². The minimum absolute atomic E-state index is 0.00983. The summed E-state index contributed by atoms with van der Waals surface area (Å²) in [5.74, 6) is 0.369. The zero-order valence-corrected chi connectivity index (χ0v) is 24.0. The van der Waals surface area contributed by atoms with E-state index in [-0.39, 0.29) is 16.2 Å². The predicted molar refractivity (Wildman–Crippen MR) is 157 cm³/mol. The van der Waals surface area contributed by atoms with Crippen LogP contribution in [0.2, 0.25) is 0 Å². The lowest BCUT2D eigenvalue weighted by atomic mass is 9.67. The predicted octanol–water partition coefficient (Wildman–Crippen LogP) is 8.19. The van der Waals surface area contributed by atoms with E-state index >= 15 is 0 Å². The molecule has 2 heterocycles. The maximum Gasteiger partial charge on any atom is 0.136 e. The number of fused-ring (bicyclic) bond motifs is 2. The lowest BCUT2D eigenvalue weighted by molar-refractivity contribution is 0.345. The SMILES string of the molecule is CC1=C(c2ccccc2)[P@@]2C[C@]1(C)[C@H](c1ccccc1)C2[C@@H](N[S@+]([O-])C(C)(C)C)c1ccc(C)cc1. The summed E-state index contributed by atoms with van der Waals surface area (Å²) in [5, 5.41) is 1.56. The molecule has 5 rings (SSSR count). The van der Waals surface area contributed by atoms with Gasteiger partial charge in [0.25, 0.3) is 0 Å². The average Bonchev–Trinajstić information content (AvgIpc) is 3.31. The normalized spacial score (nSPS) is 27.4. The van der Waals surface area contributed by atoms with Crippen molar-refractivity contribution >= 4 is 24.6 Å². The summed E-state index contributed by atoms with van der Waals surface area (Å²) < 4.78 is 17.0. The molecule has 188 valence electrons. The molecule has 1 unspecified atom stereocenters. The van der Waals surface area contributed by atoms with Crippen LogP contribution in [-0.2, 0) is 11.4 Å². The first-order valence-corrected chi connectivity index (χ1v) is 15.7. The Morgan fingerprint density at radius 1 is 0.917 bits per heavy atom. The van der Waals surface area contributed by atoms with E-state index in [2.05, 4.69) is 131 Å². The van der Waals surface area contributed by atoms with Crippen molar-refractivity contribution in [2.45, 2.75) is 63.9 Å². The van der Waals surface area contributed by atoms with Crippen LogP contribution in [0.1, 0.15) is 68.8 Å². The topological polar surface area (TPSA) is 35.1 Å². The van der Waals surface area contributed by atoms with Crippen LogP contribution in [0.4, 0.5) is 0 Å². The number of allylic oxidation sites excluding steroid dienone is 1. The summed E-state index contributed by atoms with van der Waals surface area (Å²) in [7, 11) is -0.477. The molecule has 2 aliphatic rings. The molecule has 6 atom stereocenters. The number of rotatable bonds is 6. The van der Waals surface area contributed by atoms with Gasteiger partial charge in [-0.15, -0.1) is 4.72 Å².